The van der Waals surface area contributed by atoms with Crippen molar-refractivity contribution in [1.29, 1.82) is 0 Å². The fourth-order valence-corrected chi connectivity index (χ4v) is 3.76. The highest BCUT2D eigenvalue weighted by molar-refractivity contribution is 5.99. The fraction of sp³-hybridized carbons (Fsp3) is 0.185. The van der Waals surface area contributed by atoms with Gasteiger partial charge in [-0.2, -0.15) is 5.10 Å². The van der Waals surface area contributed by atoms with Gasteiger partial charge in [-0.1, -0.05) is 60.7 Å². The van der Waals surface area contributed by atoms with E-state index in [2.05, 4.69) is 5.32 Å². The smallest absolute Gasteiger partial charge is 0.255 e. The molecule has 0 unspecified atom stereocenters. The standard InChI is InChI=1S/C27H27N3O4/c1-32-23-14-20(15-24(33-2)26(23)34-3)16-28-27(31)22-18-30(17-19-10-6-4-7-11-19)29-25(22)21-12-8-5-9-13-21/h4-15,18H,16-17H2,1-3H3,(H,28,31). The molecule has 1 aromatic heterocycles. The maximum atomic E-state index is 13.3. The van der Waals surface area contributed by atoms with Crippen LogP contribution < -0.4 is 19.5 Å². The molecule has 1 N–H and O–H groups in total. The summed E-state index contributed by atoms with van der Waals surface area (Å²) in [5.41, 5.74) is 3.95. The molecule has 34 heavy (non-hydrogen) atoms. The van der Waals surface area contributed by atoms with Crippen LogP contribution in [0.2, 0.25) is 0 Å². The first-order valence-corrected chi connectivity index (χ1v) is 10.9. The second-order valence-electron chi connectivity index (χ2n) is 7.66. The molecule has 1 amide bonds. The molecule has 4 aromatic rings. The fourth-order valence-electron chi connectivity index (χ4n) is 3.76. The van der Waals surface area contributed by atoms with Crippen molar-refractivity contribution in [2.75, 3.05) is 21.3 Å². The van der Waals surface area contributed by atoms with Gasteiger partial charge in [0.25, 0.3) is 5.91 Å². The lowest BCUT2D eigenvalue weighted by molar-refractivity contribution is 0.0951. The quantitative estimate of drug-likeness (QED) is 0.399. The molecular weight excluding hydrogens is 430 g/mol. The average molecular weight is 458 g/mol. The molecule has 7 heteroatoms. The maximum Gasteiger partial charge on any atom is 0.255 e. The molecule has 0 aliphatic rings. The van der Waals surface area contributed by atoms with Crippen molar-refractivity contribution in [3.05, 3.63) is 95.7 Å². The monoisotopic (exact) mass is 457 g/mol. The Kier molecular flexibility index (Phi) is 7.13. The van der Waals surface area contributed by atoms with Gasteiger partial charge in [0.1, 0.15) is 5.69 Å². The van der Waals surface area contributed by atoms with Gasteiger partial charge in [-0.25, -0.2) is 0 Å². The summed E-state index contributed by atoms with van der Waals surface area (Å²) in [6.45, 7) is 0.856. The van der Waals surface area contributed by atoms with Gasteiger partial charge in [0.05, 0.1) is 33.4 Å². The predicted molar refractivity (Wildman–Crippen MR) is 130 cm³/mol. The zero-order valence-electron chi connectivity index (χ0n) is 19.4. The first kappa shape index (κ1) is 22.9. The minimum atomic E-state index is -0.216. The zero-order valence-corrected chi connectivity index (χ0v) is 19.4. The van der Waals surface area contributed by atoms with Crippen LogP contribution in [0.4, 0.5) is 0 Å². The second-order valence-corrected chi connectivity index (χ2v) is 7.66. The van der Waals surface area contributed by atoms with Crippen LogP contribution in [-0.4, -0.2) is 37.0 Å². The van der Waals surface area contributed by atoms with E-state index < -0.39 is 0 Å². The molecule has 0 aliphatic heterocycles. The summed E-state index contributed by atoms with van der Waals surface area (Å²) in [4.78, 5) is 13.3. The molecule has 0 saturated heterocycles. The lowest BCUT2D eigenvalue weighted by Crippen LogP contribution is -2.23. The van der Waals surface area contributed by atoms with Crippen LogP contribution in [0.25, 0.3) is 11.3 Å². The first-order valence-electron chi connectivity index (χ1n) is 10.9. The Balaban J connectivity index is 1.60. The number of amides is 1. The van der Waals surface area contributed by atoms with Gasteiger partial charge in [-0.05, 0) is 23.3 Å². The Labute approximate surface area is 198 Å². The van der Waals surface area contributed by atoms with Crippen molar-refractivity contribution < 1.29 is 19.0 Å². The van der Waals surface area contributed by atoms with Crippen LogP contribution in [0.1, 0.15) is 21.5 Å². The molecule has 7 nitrogen and oxygen atoms in total. The van der Waals surface area contributed by atoms with Crippen molar-refractivity contribution in [3.8, 4) is 28.5 Å². The number of benzene rings is 3. The lowest BCUT2D eigenvalue weighted by Gasteiger charge is -2.14. The van der Waals surface area contributed by atoms with E-state index in [4.69, 9.17) is 19.3 Å². The molecule has 174 valence electrons. The van der Waals surface area contributed by atoms with Gasteiger partial charge in [-0.3, -0.25) is 9.48 Å². The largest absolute Gasteiger partial charge is 0.493 e. The van der Waals surface area contributed by atoms with Crippen LogP contribution in [0.15, 0.2) is 79.0 Å². The summed E-state index contributed by atoms with van der Waals surface area (Å²) in [5, 5.41) is 7.73. The van der Waals surface area contributed by atoms with Gasteiger partial charge in [0.15, 0.2) is 11.5 Å². The average Bonchev–Trinajstić information content (AvgIpc) is 3.31. The molecule has 0 aliphatic carbocycles. The van der Waals surface area contributed by atoms with Crippen molar-refractivity contribution >= 4 is 5.91 Å². The Morgan fingerprint density at radius 3 is 2.06 bits per heavy atom. The van der Waals surface area contributed by atoms with Gasteiger partial charge >= 0.3 is 0 Å². The lowest BCUT2D eigenvalue weighted by atomic mass is 10.1. The summed E-state index contributed by atoms with van der Waals surface area (Å²) in [6.07, 6.45) is 1.79. The van der Waals surface area contributed by atoms with Crippen molar-refractivity contribution in [3.63, 3.8) is 0 Å². The molecule has 4 rings (SSSR count). The maximum absolute atomic E-state index is 13.3. The molecule has 0 spiro atoms. The highest BCUT2D eigenvalue weighted by Crippen LogP contribution is 2.38. The molecule has 0 fully saturated rings. The molecule has 1 heterocycles. The number of ether oxygens (including phenoxy) is 3. The van der Waals surface area contributed by atoms with Gasteiger partial charge in [-0.15, -0.1) is 0 Å². The molecular formula is C27H27N3O4. The summed E-state index contributed by atoms with van der Waals surface area (Å²) in [7, 11) is 4.68. The molecule has 0 bridgehead atoms. The van der Waals surface area contributed by atoms with Crippen LogP contribution in [0, 0.1) is 0 Å². The number of rotatable bonds is 9. The van der Waals surface area contributed by atoms with Crippen LogP contribution in [-0.2, 0) is 13.1 Å². The zero-order chi connectivity index (χ0) is 23.9. The Bertz CT molecular complexity index is 1230. The molecule has 0 radical (unpaired) electrons. The molecule has 0 saturated carbocycles. The van der Waals surface area contributed by atoms with Crippen molar-refractivity contribution in [2.45, 2.75) is 13.1 Å². The van der Waals surface area contributed by atoms with Crippen LogP contribution in [0.5, 0.6) is 17.2 Å². The highest BCUT2D eigenvalue weighted by atomic mass is 16.5. The van der Waals surface area contributed by atoms with E-state index >= 15 is 0 Å². The van der Waals surface area contributed by atoms with E-state index in [0.29, 0.717) is 35.1 Å². The SMILES string of the molecule is COc1cc(CNC(=O)c2cn(Cc3ccccc3)nc2-c2ccccc2)cc(OC)c1OC. The number of carbonyl (C=O) groups excluding carboxylic acids is 1. The summed E-state index contributed by atoms with van der Waals surface area (Å²) >= 11 is 0. The normalized spacial score (nSPS) is 10.6. The summed E-state index contributed by atoms with van der Waals surface area (Å²) in [5.74, 6) is 1.36. The third-order valence-corrected chi connectivity index (χ3v) is 5.42. The van der Waals surface area contributed by atoms with E-state index in [-0.39, 0.29) is 12.5 Å². The second kappa shape index (κ2) is 10.6. The number of nitrogens with zero attached hydrogens (tertiary/aromatic N) is 2. The Morgan fingerprint density at radius 2 is 1.47 bits per heavy atom. The Morgan fingerprint density at radius 1 is 0.853 bits per heavy atom. The van der Waals surface area contributed by atoms with Gasteiger partial charge in [0, 0.05) is 18.3 Å². The van der Waals surface area contributed by atoms with Crippen LogP contribution >= 0.6 is 0 Å². The topological polar surface area (TPSA) is 74.6 Å². The number of carbonyl (C=O) groups is 1. The predicted octanol–water partition coefficient (Wildman–Crippen LogP) is 4.55. The molecule has 3 aromatic carbocycles. The summed E-state index contributed by atoms with van der Waals surface area (Å²) in [6, 6.07) is 23.4. The first-order chi connectivity index (χ1) is 16.6. The number of methoxy groups -OCH3 is 3. The van der Waals surface area contributed by atoms with E-state index in [1.54, 1.807) is 32.2 Å². The number of hydrogen-bond donors (Lipinski definition) is 1. The minimum Gasteiger partial charge on any atom is -0.493 e. The van der Waals surface area contributed by atoms with Crippen molar-refractivity contribution in [1.82, 2.24) is 15.1 Å². The van der Waals surface area contributed by atoms with Gasteiger partial charge in [0.2, 0.25) is 5.75 Å². The van der Waals surface area contributed by atoms with Crippen molar-refractivity contribution in [2.24, 2.45) is 0 Å². The van der Waals surface area contributed by atoms with Gasteiger partial charge < -0.3 is 19.5 Å². The summed E-state index contributed by atoms with van der Waals surface area (Å²) < 4.78 is 18.0. The minimum absolute atomic E-state index is 0.216. The molecule has 0 atom stereocenters. The van der Waals surface area contributed by atoms with E-state index in [1.165, 1.54) is 0 Å². The van der Waals surface area contributed by atoms with Crippen LogP contribution in [0.3, 0.4) is 0 Å². The van der Waals surface area contributed by atoms with E-state index in [1.807, 2.05) is 72.8 Å². The highest BCUT2D eigenvalue weighted by Gasteiger charge is 2.19. The number of hydrogen-bond acceptors (Lipinski definition) is 5. The van der Waals surface area contributed by atoms with E-state index in [0.717, 1.165) is 16.7 Å². The Hall–Kier alpha value is -4.26. The number of aromatic nitrogens is 2. The van der Waals surface area contributed by atoms with E-state index in [9.17, 15) is 4.79 Å². The third-order valence-electron chi connectivity index (χ3n) is 5.42. The number of nitrogens with one attached hydrogen (secondary N) is 1. The third kappa shape index (κ3) is 5.04.